The fourth-order valence-electron chi connectivity index (χ4n) is 2.58. The zero-order chi connectivity index (χ0) is 20.1. The first-order chi connectivity index (χ1) is 13.5. The number of thiazole rings is 1. The third-order valence-electron chi connectivity index (χ3n) is 4.08. The van der Waals surface area contributed by atoms with E-state index < -0.39 is 16.8 Å². The molecule has 0 saturated carbocycles. The Morgan fingerprint density at radius 3 is 2.61 bits per heavy atom. The molecule has 0 saturated heterocycles. The number of fused-ring (bicyclic) bond motifs is 1. The molecule has 146 valence electrons. The lowest BCUT2D eigenvalue weighted by atomic mass is 10.2. The zero-order valence-electron chi connectivity index (χ0n) is 15.6. The number of rotatable bonds is 7. The van der Waals surface area contributed by atoms with Crippen molar-refractivity contribution in [2.45, 2.75) is 18.4 Å². The molecule has 2 aromatic carbocycles. The third-order valence-corrected chi connectivity index (χ3v) is 6.47. The van der Waals surface area contributed by atoms with Crippen LogP contribution >= 0.6 is 11.3 Å². The van der Waals surface area contributed by atoms with E-state index in [9.17, 15) is 13.8 Å². The Morgan fingerprint density at radius 1 is 1.14 bits per heavy atom. The highest BCUT2D eigenvalue weighted by Gasteiger charge is 2.19. The first kappa shape index (κ1) is 20.2. The van der Waals surface area contributed by atoms with Crippen LogP contribution < -0.4 is 0 Å². The Balaban J connectivity index is 1.60. The molecule has 1 atom stereocenters. The van der Waals surface area contributed by atoms with Gasteiger partial charge in [0.2, 0.25) is 0 Å². The number of carbonyl (C=O) groups is 2. The van der Waals surface area contributed by atoms with Crippen molar-refractivity contribution in [3.05, 3.63) is 59.1 Å². The number of amides is 1. The van der Waals surface area contributed by atoms with Gasteiger partial charge in [0.15, 0.2) is 6.61 Å². The first-order valence-corrected chi connectivity index (χ1v) is 10.9. The van der Waals surface area contributed by atoms with Crippen molar-refractivity contribution in [3.8, 4) is 0 Å². The number of likely N-dealkylation sites (N-methyl/N-ethyl adjacent to an activating group) is 1. The SMILES string of the molecule is CC[S@@](=O)c1ccccc1C(=O)OCC(=O)N(C)Cc1nc2ccccc2s1. The van der Waals surface area contributed by atoms with Crippen molar-refractivity contribution < 1.29 is 18.5 Å². The molecule has 3 aromatic rings. The number of carbonyl (C=O) groups excluding carboxylic acids is 2. The summed E-state index contributed by atoms with van der Waals surface area (Å²) >= 11 is 1.53. The summed E-state index contributed by atoms with van der Waals surface area (Å²) in [6, 6.07) is 14.4. The normalized spacial score (nSPS) is 11.9. The molecule has 6 nitrogen and oxygen atoms in total. The summed E-state index contributed by atoms with van der Waals surface area (Å²) in [5.74, 6) is -0.588. The second-order valence-electron chi connectivity index (χ2n) is 6.03. The van der Waals surface area contributed by atoms with Gasteiger partial charge in [0.25, 0.3) is 5.91 Å². The summed E-state index contributed by atoms with van der Waals surface area (Å²) in [7, 11) is 0.358. The van der Waals surface area contributed by atoms with E-state index in [-0.39, 0.29) is 18.1 Å². The Bertz CT molecular complexity index is 999. The fraction of sp³-hybridized carbons (Fsp3) is 0.250. The van der Waals surface area contributed by atoms with Crippen molar-refractivity contribution in [2.75, 3.05) is 19.4 Å². The van der Waals surface area contributed by atoms with E-state index in [2.05, 4.69) is 4.98 Å². The molecule has 0 bridgehead atoms. The largest absolute Gasteiger partial charge is 0.452 e. The molecule has 28 heavy (non-hydrogen) atoms. The van der Waals surface area contributed by atoms with Crippen molar-refractivity contribution >= 4 is 44.2 Å². The zero-order valence-corrected chi connectivity index (χ0v) is 17.2. The highest BCUT2D eigenvalue weighted by atomic mass is 32.2. The van der Waals surface area contributed by atoms with E-state index >= 15 is 0 Å². The lowest BCUT2D eigenvalue weighted by molar-refractivity contribution is -0.133. The second kappa shape index (κ2) is 9.07. The fourth-order valence-corrected chi connectivity index (χ4v) is 4.54. The number of aromatic nitrogens is 1. The number of para-hydroxylation sites is 1. The average Bonchev–Trinajstić information content (AvgIpc) is 3.13. The number of ether oxygens (including phenoxy) is 1. The summed E-state index contributed by atoms with van der Waals surface area (Å²) < 4.78 is 18.3. The molecular weight excluding hydrogens is 396 g/mol. The second-order valence-corrected chi connectivity index (χ2v) is 8.86. The predicted octanol–water partition coefficient (Wildman–Crippen LogP) is 3.24. The maximum absolute atomic E-state index is 12.4. The molecule has 0 unspecified atom stereocenters. The molecule has 1 aromatic heterocycles. The van der Waals surface area contributed by atoms with Gasteiger partial charge in [-0.25, -0.2) is 9.78 Å². The van der Waals surface area contributed by atoms with Gasteiger partial charge in [-0.2, -0.15) is 0 Å². The number of esters is 1. The molecule has 0 aliphatic heterocycles. The van der Waals surface area contributed by atoms with Crippen LogP contribution in [0.1, 0.15) is 22.3 Å². The van der Waals surface area contributed by atoms with E-state index in [0.29, 0.717) is 17.2 Å². The Morgan fingerprint density at radius 2 is 1.86 bits per heavy atom. The number of hydrogen-bond donors (Lipinski definition) is 0. The maximum atomic E-state index is 12.4. The molecule has 0 N–H and O–H groups in total. The highest BCUT2D eigenvalue weighted by Crippen LogP contribution is 2.22. The molecular formula is C20H20N2O4S2. The molecule has 0 fully saturated rings. The monoisotopic (exact) mass is 416 g/mol. The van der Waals surface area contributed by atoms with E-state index in [4.69, 9.17) is 4.74 Å². The number of hydrogen-bond acceptors (Lipinski definition) is 6. The topological polar surface area (TPSA) is 76.6 Å². The molecule has 0 aliphatic rings. The lowest BCUT2D eigenvalue weighted by Gasteiger charge is -2.16. The van der Waals surface area contributed by atoms with Gasteiger partial charge in [-0.15, -0.1) is 11.3 Å². The Kier molecular flexibility index (Phi) is 6.53. The minimum atomic E-state index is -1.28. The number of nitrogens with zero attached hydrogens (tertiary/aromatic N) is 2. The van der Waals surface area contributed by atoms with Crippen molar-refractivity contribution in [2.24, 2.45) is 0 Å². The molecule has 3 rings (SSSR count). The Hall–Kier alpha value is -2.58. The first-order valence-electron chi connectivity index (χ1n) is 8.72. The van der Waals surface area contributed by atoms with Crippen molar-refractivity contribution in [3.63, 3.8) is 0 Å². The van der Waals surface area contributed by atoms with Crippen LogP contribution in [0.3, 0.4) is 0 Å². The third kappa shape index (κ3) is 4.63. The van der Waals surface area contributed by atoms with Gasteiger partial charge in [0, 0.05) is 12.8 Å². The van der Waals surface area contributed by atoms with Gasteiger partial charge >= 0.3 is 5.97 Å². The Labute approximate surface area is 169 Å². The van der Waals surface area contributed by atoms with Gasteiger partial charge in [0.1, 0.15) is 5.01 Å². The quantitative estimate of drug-likeness (QED) is 0.553. The van der Waals surface area contributed by atoms with Crippen LogP contribution in [0.2, 0.25) is 0 Å². The van der Waals surface area contributed by atoms with Crippen LogP contribution in [0.25, 0.3) is 10.2 Å². The van der Waals surface area contributed by atoms with Crippen LogP contribution in [-0.4, -0.2) is 45.4 Å². The van der Waals surface area contributed by atoms with Crippen molar-refractivity contribution in [1.82, 2.24) is 9.88 Å². The van der Waals surface area contributed by atoms with Gasteiger partial charge in [0.05, 0.1) is 38.0 Å². The molecule has 1 amide bonds. The molecule has 0 spiro atoms. The van der Waals surface area contributed by atoms with Crippen LogP contribution in [-0.2, 0) is 26.9 Å². The molecule has 1 heterocycles. The van der Waals surface area contributed by atoms with Gasteiger partial charge < -0.3 is 9.64 Å². The van der Waals surface area contributed by atoms with Gasteiger partial charge in [-0.05, 0) is 24.3 Å². The highest BCUT2D eigenvalue weighted by molar-refractivity contribution is 7.85. The standard InChI is InChI=1S/C20H20N2O4S2/c1-3-28(25)17-11-7-4-8-14(17)20(24)26-13-19(23)22(2)12-18-21-15-9-5-6-10-16(15)27-18/h4-11H,3,12-13H2,1-2H3/t28-/m1/s1. The van der Waals surface area contributed by atoms with Crippen LogP contribution in [0.4, 0.5) is 0 Å². The van der Waals surface area contributed by atoms with Crippen molar-refractivity contribution in [1.29, 1.82) is 0 Å². The summed E-state index contributed by atoms with van der Waals surface area (Å²) in [6.45, 7) is 1.73. The van der Waals surface area contributed by atoms with E-state index in [1.165, 1.54) is 16.2 Å². The summed E-state index contributed by atoms with van der Waals surface area (Å²) in [5.41, 5.74) is 1.12. The minimum absolute atomic E-state index is 0.226. The summed E-state index contributed by atoms with van der Waals surface area (Å²) in [6.07, 6.45) is 0. The van der Waals surface area contributed by atoms with Crippen LogP contribution in [0.5, 0.6) is 0 Å². The lowest BCUT2D eigenvalue weighted by Crippen LogP contribution is -2.31. The van der Waals surface area contributed by atoms with E-state index in [1.807, 2.05) is 24.3 Å². The van der Waals surface area contributed by atoms with E-state index in [0.717, 1.165) is 15.2 Å². The maximum Gasteiger partial charge on any atom is 0.339 e. The smallest absolute Gasteiger partial charge is 0.339 e. The van der Waals surface area contributed by atoms with Gasteiger partial charge in [-0.1, -0.05) is 31.2 Å². The van der Waals surface area contributed by atoms with Crippen LogP contribution in [0.15, 0.2) is 53.4 Å². The molecule has 0 aliphatic carbocycles. The molecule has 8 heteroatoms. The van der Waals surface area contributed by atoms with E-state index in [1.54, 1.807) is 38.2 Å². The molecule has 0 radical (unpaired) electrons. The summed E-state index contributed by atoms with van der Waals surface area (Å²) in [5, 5.41) is 0.812. The summed E-state index contributed by atoms with van der Waals surface area (Å²) in [4.78, 5) is 31.1. The minimum Gasteiger partial charge on any atom is -0.452 e. The average molecular weight is 417 g/mol. The van der Waals surface area contributed by atoms with Gasteiger partial charge in [-0.3, -0.25) is 9.00 Å². The number of benzene rings is 2. The predicted molar refractivity (Wildman–Crippen MR) is 110 cm³/mol. The van der Waals surface area contributed by atoms with Crippen LogP contribution in [0, 0.1) is 0 Å².